The summed E-state index contributed by atoms with van der Waals surface area (Å²) in [5.74, 6) is 1.87. The molecule has 4 saturated carbocycles. The molecule has 6 atom stereocenters. The molecular formula is C20H28O2. The number of carbonyl (C=O) groups excluding carboxylic acids is 1. The van der Waals surface area contributed by atoms with Gasteiger partial charge in [-0.25, -0.2) is 0 Å². The number of carbonyl (C=O) groups is 1. The Hall–Kier alpha value is -0.790. The maximum absolute atomic E-state index is 13.0. The van der Waals surface area contributed by atoms with Crippen molar-refractivity contribution in [2.24, 2.45) is 33.5 Å². The SMILES string of the molecule is CC1(C)CCC[C@@]2(C)[C@H]1CCC13CC4OC=CC41C(=O)C[C@@H]32. The molecule has 0 aromatic heterocycles. The molecular weight excluding hydrogens is 272 g/mol. The van der Waals surface area contributed by atoms with Gasteiger partial charge >= 0.3 is 0 Å². The second-order valence-corrected chi connectivity index (χ2v) is 9.78. The molecule has 0 aromatic carbocycles. The van der Waals surface area contributed by atoms with Crippen LogP contribution in [0.2, 0.25) is 0 Å². The van der Waals surface area contributed by atoms with Gasteiger partial charge in [0.25, 0.3) is 0 Å². The second kappa shape index (κ2) is 3.65. The predicted octanol–water partition coefficient (Wildman–Crippen LogP) is 4.49. The Morgan fingerprint density at radius 3 is 2.73 bits per heavy atom. The molecule has 120 valence electrons. The normalized spacial score (nSPS) is 57.2. The van der Waals surface area contributed by atoms with E-state index in [2.05, 4.69) is 26.8 Å². The summed E-state index contributed by atoms with van der Waals surface area (Å²) in [4.78, 5) is 13.0. The van der Waals surface area contributed by atoms with Gasteiger partial charge in [-0.05, 0) is 66.3 Å². The highest BCUT2D eigenvalue weighted by Crippen LogP contribution is 2.80. The molecule has 2 heteroatoms. The third kappa shape index (κ3) is 1.16. The summed E-state index contributed by atoms with van der Waals surface area (Å²) in [5.41, 5.74) is 0.812. The Labute approximate surface area is 133 Å². The third-order valence-electron chi connectivity index (χ3n) is 8.92. The summed E-state index contributed by atoms with van der Waals surface area (Å²) < 4.78 is 5.78. The maximum atomic E-state index is 13.0. The van der Waals surface area contributed by atoms with Gasteiger partial charge in [-0.1, -0.05) is 27.2 Å². The van der Waals surface area contributed by atoms with Crippen LogP contribution in [0.15, 0.2) is 12.3 Å². The van der Waals surface area contributed by atoms with Crippen LogP contribution in [0.25, 0.3) is 0 Å². The zero-order valence-corrected chi connectivity index (χ0v) is 14.2. The van der Waals surface area contributed by atoms with Gasteiger partial charge < -0.3 is 4.74 Å². The zero-order chi connectivity index (χ0) is 15.4. The molecule has 3 unspecified atom stereocenters. The minimum absolute atomic E-state index is 0.168. The van der Waals surface area contributed by atoms with Gasteiger partial charge in [-0.2, -0.15) is 0 Å². The van der Waals surface area contributed by atoms with Gasteiger partial charge in [0, 0.05) is 6.42 Å². The van der Waals surface area contributed by atoms with Crippen molar-refractivity contribution >= 4 is 5.78 Å². The maximum Gasteiger partial charge on any atom is 0.147 e. The standard InChI is InChI=1S/C20H28O2/c1-17(2)6-4-7-18(3)13(17)5-8-19-12-16-20(19,9-10-22-16)15(21)11-14(18)19/h9-10,13-14,16H,4-8,11-12H2,1-3H3/t13-,14+,16?,18-,19?,20?/m0/s1. The lowest BCUT2D eigenvalue weighted by Gasteiger charge is -2.67. The zero-order valence-electron chi connectivity index (χ0n) is 14.2. The van der Waals surface area contributed by atoms with Crippen LogP contribution in [0.1, 0.15) is 65.7 Å². The molecule has 2 spiro atoms. The van der Waals surface area contributed by atoms with E-state index < -0.39 is 0 Å². The average molecular weight is 300 g/mol. The van der Waals surface area contributed by atoms with E-state index in [9.17, 15) is 4.79 Å². The Morgan fingerprint density at radius 2 is 1.95 bits per heavy atom. The lowest BCUT2D eigenvalue weighted by atomic mass is 9.36. The van der Waals surface area contributed by atoms with E-state index in [0.29, 0.717) is 22.5 Å². The first kappa shape index (κ1) is 13.6. The van der Waals surface area contributed by atoms with Crippen LogP contribution in [-0.4, -0.2) is 11.9 Å². The fraction of sp³-hybridized carbons (Fsp3) is 0.850. The number of Topliss-reactive ketones (excluding diaryl/α,β-unsaturated/α-hetero) is 1. The van der Waals surface area contributed by atoms with Crippen LogP contribution in [0.4, 0.5) is 0 Å². The molecule has 0 aromatic rings. The number of ether oxygens (including phenoxy) is 1. The van der Waals surface area contributed by atoms with Crippen LogP contribution in [0.3, 0.4) is 0 Å². The predicted molar refractivity (Wildman–Crippen MR) is 85.1 cm³/mol. The van der Waals surface area contributed by atoms with Crippen molar-refractivity contribution in [2.45, 2.75) is 71.8 Å². The average Bonchev–Trinajstić information content (AvgIpc) is 2.87. The van der Waals surface area contributed by atoms with Crippen molar-refractivity contribution in [3.8, 4) is 0 Å². The van der Waals surface area contributed by atoms with Gasteiger partial charge in [0.05, 0.1) is 11.7 Å². The van der Waals surface area contributed by atoms with Crippen molar-refractivity contribution < 1.29 is 9.53 Å². The molecule has 1 aliphatic heterocycles. The quantitative estimate of drug-likeness (QED) is 0.659. The third-order valence-corrected chi connectivity index (χ3v) is 8.92. The fourth-order valence-corrected chi connectivity index (χ4v) is 8.10. The Balaban J connectivity index is 1.62. The van der Waals surface area contributed by atoms with Crippen LogP contribution in [0, 0.1) is 33.5 Å². The molecule has 2 nitrogen and oxygen atoms in total. The van der Waals surface area contributed by atoms with Crippen LogP contribution >= 0.6 is 0 Å². The summed E-state index contributed by atoms with van der Waals surface area (Å²) in [6.07, 6.45) is 12.7. The van der Waals surface area contributed by atoms with Crippen LogP contribution in [0.5, 0.6) is 0 Å². The van der Waals surface area contributed by atoms with Crippen molar-refractivity contribution in [3.63, 3.8) is 0 Å². The van der Waals surface area contributed by atoms with E-state index in [4.69, 9.17) is 4.74 Å². The van der Waals surface area contributed by atoms with E-state index in [1.54, 1.807) is 0 Å². The molecule has 4 aliphatic carbocycles. The Bertz CT molecular complexity index is 591. The minimum Gasteiger partial charge on any atom is -0.497 e. The first-order valence-electron chi connectivity index (χ1n) is 9.23. The summed E-state index contributed by atoms with van der Waals surface area (Å²) in [5, 5.41) is 0. The van der Waals surface area contributed by atoms with Gasteiger partial charge in [0.1, 0.15) is 11.9 Å². The highest BCUT2D eigenvalue weighted by Gasteiger charge is 2.80. The molecule has 5 aliphatic rings. The van der Waals surface area contributed by atoms with Gasteiger partial charge in [-0.3, -0.25) is 4.79 Å². The van der Waals surface area contributed by atoms with Crippen molar-refractivity contribution in [1.29, 1.82) is 0 Å². The lowest BCUT2D eigenvalue weighted by molar-refractivity contribution is -0.216. The number of ketones is 1. The molecule has 0 bridgehead atoms. The molecule has 1 heterocycles. The smallest absolute Gasteiger partial charge is 0.147 e. The minimum atomic E-state index is -0.229. The summed E-state index contributed by atoms with van der Waals surface area (Å²) in [7, 11) is 0. The molecule has 4 fully saturated rings. The van der Waals surface area contributed by atoms with Crippen LogP contribution in [-0.2, 0) is 9.53 Å². The number of rotatable bonds is 0. The topological polar surface area (TPSA) is 26.3 Å². The van der Waals surface area contributed by atoms with Crippen molar-refractivity contribution in [3.05, 3.63) is 12.3 Å². The van der Waals surface area contributed by atoms with E-state index in [1.165, 1.54) is 32.1 Å². The van der Waals surface area contributed by atoms with Gasteiger partial charge in [-0.15, -0.1) is 0 Å². The first-order chi connectivity index (χ1) is 10.4. The first-order valence-corrected chi connectivity index (χ1v) is 9.23. The molecule has 22 heavy (non-hydrogen) atoms. The number of fused-ring (bicyclic) bond motifs is 2. The van der Waals surface area contributed by atoms with Crippen molar-refractivity contribution in [1.82, 2.24) is 0 Å². The van der Waals surface area contributed by atoms with Gasteiger partial charge in [0.15, 0.2) is 0 Å². The summed E-state index contributed by atoms with van der Waals surface area (Å²) >= 11 is 0. The van der Waals surface area contributed by atoms with Crippen molar-refractivity contribution in [2.75, 3.05) is 0 Å². The Morgan fingerprint density at radius 1 is 1.14 bits per heavy atom. The molecule has 0 saturated heterocycles. The number of hydrogen-bond acceptors (Lipinski definition) is 2. The number of hydrogen-bond donors (Lipinski definition) is 0. The van der Waals surface area contributed by atoms with E-state index >= 15 is 0 Å². The monoisotopic (exact) mass is 300 g/mol. The molecule has 5 rings (SSSR count). The van der Waals surface area contributed by atoms with Gasteiger partial charge in [0.2, 0.25) is 0 Å². The highest BCUT2D eigenvalue weighted by atomic mass is 16.5. The molecule has 0 radical (unpaired) electrons. The molecule has 0 amide bonds. The highest BCUT2D eigenvalue weighted by molar-refractivity contribution is 5.93. The summed E-state index contributed by atoms with van der Waals surface area (Å²) in [6, 6.07) is 0. The van der Waals surface area contributed by atoms with Crippen LogP contribution < -0.4 is 0 Å². The van der Waals surface area contributed by atoms with E-state index in [1.807, 2.05) is 6.26 Å². The van der Waals surface area contributed by atoms with E-state index in [0.717, 1.165) is 18.8 Å². The largest absolute Gasteiger partial charge is 0.497 e. The Kier molecular flexibility index (Phi) is 2.26. The molecule has 0 N–H and O–H groups in total. The fourth-order valence-electron chi connectivity index (χ4n) is 8.10. The summed E-state index contributed by atoms with van der Waals surface area (Å²) in [6.45, 7) is 7.48. The second-order valence-electron chi connectivity index (χ2n) is 9.78. The lowest BCUT2D eigenvalue weighted by Crippen LogP contribution is -2.66. The van der Waals surface area contributed by atoms with E-state index in [-0.39, 0.29) is 16.9 Å².